The summed E-state index contributed by atoms with van der Waals surface area (Å²) in [5.41, 5.74) is 7.70. The second kappa shape index (κ2) is 11.3. The largest absolute Gasteiger partial charge is 0.351 e. The third kappa shape index (κ3) is 5.76. The third-order valence-electron chi connectivity index (χ3n) is 7.24. The van der Waals surface area contributed by atoms with Crippen molar-refractivity contribution in [2.75, 3.05) is 6.54 Å². The fourth-order valence-corrected chi connectivity index (χ4v) is 4.95. The number of carbonyl (C=O) groups is 1. The number of amides is 1. The first kappa shape index (κ1) is 25.2. The molecule has 5 rings (SSSR count). The molecule has 0 saturated carbocycles. The summed E-state index contributed by atoms with van der Waals surface area (Å²) in [4.78, 5) is 12.9. The molecule has 2 heteroatoms. The molecule has 1 amide bonds. The molecule has 0 aromatic heterocycles. The Morgan fingerprint density at radius 2 is 1.03 bits per heavy atom. The first-order valence-electron chi connectivity index (χ1n) is 13.2. The van der Waals surface area contributed by atoms with Crippen molar-refractivity contribution in [2.24, 2.45) is 0 Å². The molecular formula is C36H33NO. The van der Waals surface area contributed by atoms with Gasteiger partial charge in [-0.2, -0.15) is 0 Å². The molecule has 0 saturated heterocycles. The molecule has 0 atom stereocenters. The normalized spacial score (nSPS) is 11.3. The van der Waals surface area contributed by atoms with Crippen molar-refractivity contribution in [3.8, 4) is 11.1 Å². The summed E-state index contributed by atoms with van der Waals surface area (Å²) >= 11 is 0. The zero-order chi connectivity index (χ0) is 26.4. The van der Waals surface area contributed by atoms with Crippen LogP contribution in [0, 0.1) is 0 Å². The van der Waals surface area contributed by atoms with Crippen LogP contribution in [0.4, 0.5) is 0 Å². The smallest absolute Gasteiger partial charge is 0.251 e. The van der Waals surface area contributed by atoms with E-state index in [1.807, 2.05) is 42.5 Å². The summed E-state index contributed by atoms with van der Waals surface area (Å²) in [6, 6.07) is 48.1. The Bertz CT molecular complexity index is 1420. The maximum atomic E-state index is 12.9. The summed E-state index contributed by atoms with van der Waals surface area (Å²) in [5, 5.41) is 3.15. The van der Waals surface area contributed by atoms with Crippen molar-refractivity contribution in [2.45, 2.75) is 25.2 Å². The highest BCUT2D eigenvalue weighted by Gasteiger charge is 2.23. The standard InChI is InChI=1S/C36H33NO/c1-36(2,26-37-35(38)32-20-18-28(19-21-32)27-12-6-3-7-13-27)33-24-22-31(23-25-33)34(29-14-8-4-9-15-29)30-16-10-5-11-17-30/h3-25,34H,26H2,1-2H3,(H,37,38). The summed E-state index contributed by atoms with van der Waals surface area (Å²) < 4.78 is 0. The molecule has 0 aliphatic rings. The average Bonchev–Trinajstić information content (AvgIpc) is 2.98. The molecule has 0 bridgehead atoms. The second-order valence-corrected chi connectivity index (χ2v) is 10.4. The van der Waals surface area contributed by atoms with E-state index in [1.165, 1.54) is 22.3 Å². The molecule has 0 radical (unpaired) electrons. The Labute approximate surface area is 226 Å². The summed E-state index contributed by atoms with van der Waals surface area (Å²) in [7, 11) is 0. The maximum absolute atomic E-state index is 12.9. The van der Waals surface area contributed by atoms with Gasteiger partial charge in [-0.05, 0) is 45.5 Å². The minimum atomic E-state index is -0.215. The van der Waals surface area contributed by atoms with Crippen LogP contribution >= 0.6 is 0 Å². The van der Waals surface area contributed by atoms with Crippen LogP contribution in [0.15, 0.2) is 140 Å². The van der Waals surface area contributed by atoms with Gasteiger partial charge in [0.15, 0.2) is 0 Å². The Hall–Kier alpha value is -4.43. The highest BCUT2D eigenvalue weighted by atomic mass is 16.1. The molecular weight excluding hydrogens is 462 g/mol. The summed E-state index contributed by atoms with van der Waals surface area (Å²) in [6.45, 7) is 4.89. The van der Waals surface area contributed by atoms with E-state index < -0.39 is 0 Å². The van der Waals surface area contributed by atoms with E-state index in [0.717, 1.165) is 11.1 Å². The molecule has 5 aromatic carbocycles. The van der Waals surface area contributed by atoms with Crippen LogP contribution in [0.5, 0.6) is 0 Å². The molecule has 5 aromatic rings. The van der Waals surface area contributed by atoms with Crippen molar-refractivity contribution < 1.29 is 4.79 Å². The molecule has 0 aliphatic heterocycles. The second-order valence-electron chi connectivity index (χ2n) is 10.4. The van der Waals surface area contributed by atoms with E-state index >= 15 is 0 Å². The van der Waals surface area contributed by atoms with Gasteiger partial charge in [0, 0.05) is 23.4 Å². The van der Waals surface area contributed by atoms with Crippen molar-refractivity contribution >= 4 is 5.91 Å². The molecule has 2 nitrogen and oxygen atoms in total. The summed E-state index contributed by atoms with van der Waals surface area (Å²) in [5.74, 6) is 0.121. The number of hydrogen-bond donors (Lipinski definition) is 1. The number of carbonyl (C=O) groups excluding carboxylic acids is 1. The fourth-order valence-electron chi connectivity index (χ4n) is 4.95. The van der Waals surface area contributed by atoms with E-state index in [1.54, 1.807) is 0 Å². The molecule has 0 fully saturated rings. The van der Waals surface area contributed by atoms with Crippen LogP contribution in [0.25, 0.3) is 11.1 Å². The average molecular weight is 496 g/mol. The number of benzene rings is 5. The zero-order valence-electron chi connectivity index (χ0n) is 22.0. The number of rotatable bonds is 8. The summed E-state index contributed by atoms with van der Waals surface area (Å²) in [6.07, 6.45) is 0. The Kier molecular flexibility index (Phi) is 7.51. The number of nitrogens with one attached hydrogen (secondary N) is 1. The Morgan fingerprint density at radius 1 is 0.579 bits per heavy atom. The van der Waals surface area contributed by atoms with Gasteiger partial charge in [0.2, 0.25) is 0 Å². The van der Waals surface area contributed by atoms with E-state index in [4.69, 9.17) is 0 Å². The van der Waals surface area contributed by atoms with Gasteiger partial charge in [-0.1, -0.05) is 141 Å². The van der Waals surface area contributed by atoms with Gasteiger partial charge in [0.05, 0.1) is 0 Å². The predicted octanol–water partition coefficient (Wildman–Crippen LogP) is 8.24. The van der Waals surface area contributed by atoms with E-state index in [-0.39, 0.29) is 17.2 Å². The van der Waals surface area contributed by atoms with E-state index in [2.05, 4.69) is 116 Å². The van der Waals surface area contributed by atoms with Crippen molar-refractivity contribution in [1.82, 2.24) is 5.32 Å². The van der Waals surface area contributed by atoms with Gasteiger partial charge in [0.25, 0.3) is 5.91 Å². The first-order valence-corrected chi connectivity index (χ1v) is 13.2. The first-order chi connectivity index (χ1) is 18.5. The van der Waals surface area contributed by atoms with Crippen molar-refractivity contribution in [1.29, 1.82) is 0 Å². The maximum Gasteiger partial charge on any atom is 0.251 e. The van der Waals surface area contributed by atoms with Crippen molar-refractivity contribution in [3.05, 3.63) is 167 Å². The lowest BCUT2D eigenvalue weighted by molar-refractivity contribution is 0.0945. The highest BCUT2D eigenvalue weighted by Crippen LogP contribution is 2.33. The molecule has 0 heterocycles. The molecule has 0 aliphatic carbocycles. The lowest BCUT2D eigenvalue weighted by atomic mass is 9.81. The van der Waals surface area contributed by atoms with Crippen LogP contribution in [-0.4, -0.2) is 12.5 Å². The molecule has 1 N–H and O–H groups in total. The van der Waals surface area contributed by atoms with Crippen LogP contribution in [0.1, 0.15) is 52.4 Å². The van der Waals surface area contributed by atoms with E-state index in [0.29, 0.717) is 12.1 Å². The topological polar surface area (TPSA) is 29.1 Å². The van der Waals surface area contributed by atoms with Crippen LogP contribution < -0.4 is 5.32 Å². The molecule has 0 unspecified atom stereocenters. The molecule has 0 spiro atoms. The van der Waals surface area contributed by atoms with Crippen LogP contribution in [0.3, 0.4) is 0 Å². The monoisotopic (exact) mass is 495 g/mol. The molecule has 188 valence electrons. The predicted molar refractivity (Wildman–Crippen MR) is 158 cm³/mol. The van der Waals surface area contributed by atoms with Gasteiger partial charge in [-0.15, -0.1) is 0 Å². The SMILES string of the molecule is CC(C)(CNC(=O)c1ccc(-c2ccccc2)cc1)c1ccc(C(c2ccccc2)c2ccccc2)cc1. The van der Waals surface area contributed by atoms with Gasteiger partial charge in [0.1, 0.15) is 0 Å². The quantitative estimate of drug-likeness (QED) is 0.216. The highest BCUT2D eigenvalue weighted by molar-refractivity contribution is 5.94. The van der Waals surface area contributed by atoms with Gasteiger partial charge in [-0.3, -0.25) is 4.79 Å². The van der Waals surface area contributed by atoms with Gasteiger partial charge < -0.3 is 5.32 Å². The van der Waals surface area contributed by atoms with Crippen LogP contribution in [0.2, 0.25) is 0 Å². The Morgan fingerprint density at radius 3 is 1.55 bits per heavy atom. The zero-order valence-corrected chi connectivity index (χ0v) is 22.0. The molecule has 38 heavy (non-hydrogen) atoms. The van der Waals surface area contributed by atoms with Gasteiger partial charge in [-0.25, -0.2) is 0 Å². The van der Waals surface area contributed by atoms with Gasteiger partial charge >= 0.3 is 0 Å². The minimum absolute atomic E-state index is 0.0532. The minimum Gasteiger partial charge on any atom is -0.351 e. The van der Waals surface area contributed by atoms with E-state index in [9.17, 15) is 4.79 Å². The fraction of sp³-hybridized carbons (Fsp3) is 0.139. The van der Waals surface area contributed by atoms with Crippen molar-refractivity contribution in [3.63, 3.8) is 0 Å². The lowest BCUT2D eigenvalue weighted by Crippen LogP contribution is -2.36. The Balaban J connectivity index is 1.28. The third-order valence-corrected chi connectivity index (χ3v) is 7.24. The van der Waals surface area contributed by atoms with Crippen LogP contribution in [-0.2, 0) is 5.41 Å². The number of hydrogen-bond acceptors (Lipinski definition) is 1. The lowest BCUT2D eigenvalue weighted by Gasteiger charge is -2.27.